The third-order valence-electron chi connectivity index (χ3n) is 6.74. The van der Waals surface area contributed by atoms with E-state index in [2.05, 4.69) is 35.5 Å². The molecule has 1 atom stereocenters. The van der Waals surface area contributed by atoms with Crippen LogP contribution in [0.15, 0.2) is 47.1 Å². The Morgan fingerprint density at radius 1 is 1.05 bits per heavy atom. The van der Waals surface area contributed by atoms with E-state index in [0.717, 1.165) is 48.8 Å². The molecule has 0 radical (unpaired) electrons. The summed E-state index contributed by atoms with van der Waals surface area (Å²) < 4.78 is 5.79. The van der Waals surface area contributed by atoms with Gasteiger partial charge in [-0.3, -0.25) is 14.9 Å². The third-order valence-corrected chi connectivity index (χ3v) is 6.74. The highest BCUT2D eigenvalue weighted by molar-refractivity contribution is 5.61. The molecule has 4 aromatic heterocycles. The SMILES string of the molecule is Cc1cc(Nc2cc(N3CCN(C=O)CC3)nc(N3CCCC3c3cc(-c4ccccn4)no3)n2)n[nH]1. The van der Waals surface area contributed by atoms with E-state index in [1.807, 2.05) is 43.3 Å². The smallest absolute Gasteiger partial charge is 0.229 e. The van der Waals surface area contributed by atoms with Crippen molar-refractivity contribution < 1.29 is 9.32 Å². The fourth-order valence-electron chi connectivity index (χ4n) is 4.83. The van der Waals surface area contributed by atoms with Gasteiger partial charge >= 0.3 is 0 Å². The van der Waals surface area contributed by atoms with Crippen LogP contribution in [-0.4, -0.2) is 74.3 Å². The lowest BCUT2D eigenvalue weighted by molar-refractivity contribution is -0.118. The number of H-pyrrole nitrogens is 1. The highest BCUT2D eigenvalue weighted by Gasteiger charge is 2.32. The van der Waals surface area contributed by atoms with Crippen LogP contribution in [-0.2, 0) is 4.79 Å². The summed E-state index contributed by atoms with van der Waals surface area (Å²) in [6.07, 6.45) is 4.54. The van der Waals surface area contributed by atoms with E-state index in [1.54, 1.807) is 11.1 Å². The lowest BCUT2D eigenvalue weighted by Crippen LogP contribution is -2.46. The maximum atomic E-state index is 11.2. The second-order valence-electron chi connectivity index (χ2n) is 9.28. The fourth-order valence-corrected chi connectivity index (χ4v) is 4.83. The van der Waals surface area contributed by atoms with Crippen molar-refractivity contribution in [2.24, 2.45) is 0 Å². The summed E-state index contributed by atoms with van der Waals surface area (Å²) in [6, 6.07) is 11.5. The average Bonchev–Trinajstić information content (AvgIpc) is 3.70. The fraction of sp³-hybridized carbons (Fsp3) is 0.360. The van der Waals surface area contributed by atoms with Crippen LogP contribution >= 0.6 is 0 Å². The van der Waals surface area contributed by atoms with Crippen LogP contribution in [0.1, 0.15) is 30.3 Å². The second-order valence-corrected chi connectivity index (χ2v) is 9.28. The Hall–Kier alpha value is -4.48. The van der Waals surface area contributed by atoms with E-state index in [1.165, 1.54) is 0 Å². The van der Waals surface area contributed by atoms with Gasteiger partial charge < -0.3 is 24.5 Å². The highest BCUT2D eigenvalue weighted by Crippen LogP contribution is 2.37. The summed E-state index contributed by atoms with van der Waals surface area (Å²) in [7, 11) is 0. The number of nitrogens with one attached hydrogen (secondary N) is 2. The summed E-state index contributed by atoms with van der Waals surface area (Å²) in [4.78, 5) is 31.6. The predicted molar refractivity (Wildman–Crippen MR) is 138 cm³/mol. The van der Waals surface area contributed by atoms with E-state index >= 15 is 0 Å². The molecule has 2 N–H and O–H groups in total. The number of carbonyl (C=O) groups is 1. The Kier molecular flexibility index (Phi) is 6.13. The van der Waals surface area contributed by atoms with Gasteiger partial charge in [0.15, 0.2) is 11.6 Å². The van der Waals surface area contributed by atoms with Crippen LogP contribution in [0, 0.1) is 6.92 Å². The molecular formula is C25H28N10O2. The molecule has 12 heteroatoms. The van der Waals surface area contributed by atoms with Crippen LogP contribution in [0.5, 0.6) is 0 Å². The molecule has 2 aliphatic heterocycles. The van der Waals surface area contributed by atoms with Gasteiger partial charge in [-0.1, -0.05) is 11.2 Å². The molecule has 2 fully saturated rings. The molecule has 4 aromatic rings. The highest BCUT2D eigenvalue weighted by atomic mass is 16.5. The molecule has 6 heterocycles. The van der Waals surface area contributed by atoms with Crippen molar-refractivity contribution >= 4 is 29.8 Å². The quantitative estimate of drug-likeness (QED) is 0.365. The van der Waals surface area contributed by atoms with E-state index in [-0.39, 0.29) is 6.04 Å². The number of piperazine rings is 1. The number of nitrogens with zero attached hydrogens (tertiary/aromatic N) is 8. The Balaban J connectivity index is 1.31. The number of aryl methyl sites for hydroxylation is 1. The van der Waals surface area contributed by atoms with Gasteiger partial charge in [0, 0.05) is 62.8 Å². The predicted octanol–water partition coefficient (Wildman–Crippen LogP) is 2.92. The number of rotatable bonds is 7. The normalized spacial score (nSPS) is 17.9. The van der Waals surface area contributed by atoms with Gasteiger partial charge in [0.05, 0.1) is 11.7 Å². The molecule has 0 saturated carbocycles. The molecule has 1 unspecified atom stereocenters. The maximum absolute atomic E-state index is 11.2. The molecule has 2 saturated heterocycles. The Bertz CT molecular complexity index is 1360. The molecule has 0 bridgehead atoms. The van der Waals surface area contributed by atoms with Crippen LogP contribution in [0.3, 0.4) is 0 Å². The number of carbonyl (C=O) groups excluding carboxylic acids is 1. The van der Waals surface area contributed by atoms with Crippen LogP contribution in [0.2, 0.25) is 0 Å². The van der Waals surface area contributed by atoms with E-state index in [4.69, 9.17) is 14.5 Å². The van der Waals surface area contributed by atoms with Gasteiger partial charge in [-0.05, 0) is 31.9 Å². The van der Waals surface area contributed by atoms with Crippen molar-refractivity contribution in [1.29, 1.82) is 0 Å². The lowest BCUT2D eigenvalue weighted by Gasteiger charge is -2.34. The van der Waals surface area contributed by atoms with E-state index in [0.29, 0.717) is 49.5 Å². The van der Waals surface area contributed by atoms with E-state index in [9.17, 15) is 4.79 Å². The molecule has 190 valence electrons. The zero-order valence-electron chi connectivity index (χ0n) is 20.5. The van der Waals surface area contributed by atoms with Crippen molar-refractivity contribution in [3.05, 3.63) is 54.0 Å². The number of hydrogen-bond donors (Lipinski definition) is 2. The van der Waals surface area contributed by atoms with Crippen molar-refractivity contribution in [2.45, 2.75) is 25.8 Å². The monoisotopic (exact) mass is 500 g/mol. The van der Waals surface area contributed by atoms with Crippen LogP contribution in [0.4, 0.5) is 23.4 Å². The summed E-state index contributed by atoms with van der Waals surface area (Å²) >= 11 is 0. The topological polar surface area (TPSA) is 132 Å². The van der Waals surface area contributed by atoms with Crippen molar-refractivity contribution in [3.8, 4) is 11.4 Å². The molecule has 12 nitrogen and oxygen atoms in total. The molecule has 2 aliphatic rings. The summed E-state index contributed by atoms with van der Waals surface area (Å²) in [5, 5.41) is 14.8. The largest absolute Gasteiger partial charge is 0.358 e. The minimum Gasteiger partial charge on any atom is -0.358 e. The van der Waals surface area contributed by atoms with Crippen LogP contribution in [0.25, 0.3) is 11.4 Å². The molecule has 0 aliphatic carbocycles. The molecule has 1 amide bonds. The molecule has 37 heavy (non-hydrogen) atoms. The van der Waals surface area contributed by atoms with Crippen LogP contribution < -0.4 is 15.1 Å². The first-order valence-corrected chi connectivity index (χ1v) is 12.4. The summed E-state index contributed by atoms with van der Waals surface area (Å²) in [5.74, 6) is 3.53. The Morgan fingerprint density at radius 3 is 2.70 bits per heavy atom. The number of pyridine rings is 1. The zero-order chi connectivity index (χ0) is 25.2. The first-order chi connectivity index (χ1) is 18.2. The third kappa shape index (κ3) is 4.82. The number of anilines is 4. The average molecular weight is 501 g/mol. The first kappa shape index (κ1) is 23.0. The number of aromatic nitrogens is 6. The zero-order valence-corrected chi connectivity index (χ0v) is 20.5. The van der Waals surface area contributed by atoms with Crippen molar-refractivity contribution in [2.75, 3.05) is 47.8 Å². The van der Waals surface area contributed by atoms with Gasteiger partial charge in [-0.15, -0.1) is 0 Å². The second kappa shape index (κ2) is 9.88. The summed E-state index contributed by atoms with van der Waals surface area (Å²) in [5.41, 5.74) is 2.44. The standard InChI is InChI=1S/C25H28N10O2/c1-17-13-23(31-30-17)27-22-15-24(34-11-9-33(16-36)10-12-34)29-25(28-22)35-8-4-6-20(35)21-14-19(32-37-21)18-5-2-3-7-26-18/h2-3,5,7,13-16,20H,4,6,8-12H2,1H3,(H2,27,28,29,30,31). The molecule has 6 rings (SSSR count). The Labute approximate surface area is 213 Å². The minimum absolute atomic E-state index is 0.0346. The number of hydrogen-bond acceptors (Lipinski definition) is 10. The molecule has 0 aromatic carbocycles. The number of aromatic amines is 1. The van der Waals surface area contributed by atoms with Crippen molar-refractivity contribution in [1.82, 2.24) is 35.2 Å². The van der Waals surface area contributed by atoms with Crippen molar-refractivity contribution in [3.63, 3.8) is 0 Å². The van der Waals surface area contributed by atoms with Gasteiger partial charge in [-0.25, -0.2) is 0 Å². The lowest BCUT2D eigenvalue weighted by atomic mass is 10.1. The molecule has 0 spiro atoms. The first-order valence-electron chi connectivity index (χ1n) is 12.4. The minimum atomic E-state index is -0.0346. The van der Waals surface area contributed by atoms with Gasteiger partial charge in [0.1, 0.15) is 17.3 Å². The van der Waals surface area contributed by atoms with Gasteiger partial charge in [-0.2, -0.15) is 15.1 Å². The summed E-state index contributed by atoms with van der Waals surface area (Å²) in [6.45, 7) is 5.47. The van der Waals surface area contributed by atoms with E-state index < -0.39 is 0 Å². The maximum Gasteiger partial charge on any atom is 0.229 e. The molecular weight excluding hydrogens is 472 g/mol. The van der Waals surface area contributed by atoms with Gasteiger partial charge in [0.25, 0.3) is 0 Å². The Morgan fingerprint density at radius 2 is 1.95 bits per heavy atom. The number of amides is 1. The van der Waals surface area contributed by atoms with Gasteiger partial charge in [0.2, 0.25) is 12.4 Å².